The van der Waals surface area contributed by atoms with Crippen LogP contribution in [0.3, 0.4) is 0 Å². The highest BCUT2D eigenvalue weighted by Gasteiger charge is 2.30. The highest BCUT2D eigenvalue weighted by atomic mass is 32.1. The Kier molecular flexibility index (Phi) is 6.95. The molecule has 1 N–H and O–H groups in total. The third-order valence-corrected chi connectivity index (χ3v) is 7.20. The van der Waals surface area contributed by atoms with Crippen LogP contribution in [0.2, 0.25) is 0 Å². The minimum absolute atomic E-state index is 0.0154. The number of hydrogen-bond acceptors (Lipinski definition) is 7. The Labute approximate surface area is 225 Å². The predicted octanol–water partition coefficient (Wildman–Crippen LogP) is 2.79. The van der Waals surface area contributed by atoms with Gasteiger partial charge < -0.3 is 14.8 Å². The zero-order chi connectivity index (χ0) is 27.7. The van der Waals surface area contributed by atoms with Crippen LogP contribution in [0.15, 0.2) is 77.6 Å². The van der Waals surface area contributed by atoms with E-state index >= 15 is 0 Å². The molecule has 8 nitrogen and oxygen atoms in total. The molecule has 5 rings (SSSR count). The smallest absolute Gasteiger partial charge is 0.345 e. The fourth-order valence-electron chi connectivity index (χ4n) is 4.24. The normalized spacial score (nSPS) is 14.4. The topological polar surface area (TPSA) is 104 Å². The Morgan fingerprint density at radius 3 is 2.38 bits per heavy atom. The lowest BCUT2D eigenvalue weighted by atomic mass is 10.0. The maximum absolute atomic E-state index is 14.1. The number of methoxy groups -OCH3 is 1. The summed E-state index contributed by atoms with van der Waals surface area (Å²) in [4.78, 5) is 54.0. The molecule has 0 aliphatic carbocycles. The number of amides is 1. The van der Waals surface area contributed by atoms with Gasteiger partial charge in [-0.05, 0) is 61.5 Å². The van der Waals surface area contributed by atoms with E-state index in [0.29, 0.717) is 17.1 Å². The van der Waals surface area contributed by atoms with Gasteiger partial charge in [0.15, 0.2) is 0 Å². The first-order chi connectivity index (χ1) is 18.8. The minimum atomic E-state index is -0.928. The summed E-state index contributed by atoms with van der Waals surface area (Å²) in [5.74, 6) is -2.28. The number of para-hydroxylation sites is 1. The summed E-state index contributed by atoms with van der Waals surface area (Å²) in [7, 11) is 1.49. The lowest BCUT2D eigenvalue weighted by Crippen LogP contribution is -2.34. The number of ether oxygens (including phenoxy) is 2. The van der Waals surface area contributed by atoms with E-state index in [1.165, 1.54) is 35.9 Å². The van der Waals surface area contributed by atoms with Crippen molar-refractivity contribution in [3.05, 3.63) is 109 Å². The summed E-state index contributed by atoms with van der Waals surface area (Å²) in [5, 5.41) is 2.64. The highest BCUT2D eigenvalue weighted by molar-refractivity contribution is 7.08. The van der Waals surface area contributed by atoms with Crippen LogP contribution in [0.25, 0.3) is 16.8 Å². The minimum Gasteiger partial charge on any atom is -0.497 e. The summed E-state index contributed by atoms with van der Waals surface area (Å²) >= 11 is 0.791. The van der Waals surface area contributed by atoms with Crippen molar-refractivity contribution in [1.29, 1.82) is 0 Å². The lowest BCUT2D eigenvalue weighted by molar-refractivity contribution is -0.136. The van der Waals surface area contributed by atoms with Gasteiger partial charge in [-0.3, -0.25) is 19.0 Å². The molecule has 0 fully saturated rings. The Balaban J connectivity index is 1.92. The molecule has 0 spiro atoms. The molecule has 196 valence electrons. The molecular weight excluding hydrogens is 523 g/mol. The molecule has 1 aromatic heterocycles. The number of fused-ring (bicyclic) bond motifs is 1. The molecule has 0 atom stereocenters. The van der Waals surface area contributed by atoms with Crippen molar-refractivity contribution < 1.29 is 28.2 Å². The zero-order valence-corrected chi connectivity index (χ0v) is 21.6. The zero-order valence-electron chi connectivity index (χ0n) is 20.8. The molecule has 39 heavy (non-hydrogen) atoms. The van der Waals surface area contributed by atoms with E-state index in [0.717, 1.165) is 17.4 Å². The van der Waals surface area contributed by atoms with Gasteiger partial charge in [-0.15, -0.1) is 11.3 Å². The fraction of sp³-hybridized carbons (Fsp3) is 0.103. The van der Waals surface area contributed by atoms with Gasteiger partial charge >= 0.3 is 5.97 Å². The average molecular weight is 545 g/mol. The van der Waals surface area contributed by atoms with Gasteiger partial charge in [-0.2, -0.15) is 0 Å². The SMILES string of the molecule is CCOC(=O)C(C(=O)c1ccc(OC)cc1)=c1sc(=C2C(=O)Nc3ccc(F)cc32)c(=O)n1-c1ccccc1. The molecule has 0 bridgehead atoms. The first-order valence-electron chi connectivity index (χ1n) is 11.9. The molecule has 3 aromatic carbocycles. The molecule has 0 saturated heterocycles. The summed E-state index contributed by atoms with van der Waals surface area (Å²) in [6, 6.07) is 18.3. The van der Waals surface area contributed by atoms with E-state index in [9.17, 15) is 23.6 Å². The van der Waals surface area contributed by atoms with Crippen molar-refractivity contribution in [1.82, 2.24) is 4.57 Å². The second-order valence-corrected chi connectivity index (χ2v) is 9.38. The van der Waals surface area contributed by atoms with Crippen LogP contribution in [0, 0.1) is 5.82 Å². The molecule has 0 radical (unpaired) electrons. The number of esters is 1. The lowest BCUT2D eigenvalue weighted by Gasteiger charge is -2.09. The number of nitrogens with one attached hydrogen (secondary N) is 1. The van der Waals surface area contributed by atoms with Crippen molar-refractivity contribution in [3.8, 4) is 11.4 Å². The molecule has 1 aliphatic rings. The van der Waals surface area contributed by atoms with Gasteiger partial charge in [-0.1, -0.05) is 18.2 Å². The van der Waals surface area contributed by atoms with Crippen LogP contribution in [-0.4, -0.2) is 35.9 Å². The van der Waals surface area contributed by atoms with Crippen molar-refractivity contribution in [2.45, 2.75) is 6.92 Å². The second-order valence-electron chi connectivity index (χ2n) is 8.38. The van der Waals surface area contributed by atoms with E-state index in [4.69, 9.17) is 9.47 Å². The third-order valence-electron chi connectivity index (χ3n) is 6.04. The quantitative estimate of drug-likeness (QED) is 0.228. The molecule has 4 aromatic rings. The maximum atomic E-state index is 14.1. The van der Waals surface area contributed by atoms with E-state index in [-0.39, 0.29) is 38.1 Å². The number of ketones is 1. The van der Waals surface area contributed by atoms with Gasteiger partial charge in [0.2, 0.25) is 5.78 Å². The van der Waals surface area contributed by atoms with E-state index in [1.807, 2.05) is 0 Å². The number of anilines is 1. The number of hydrogen-bond donors (Lipinski definition) is 1. The third kappa shape index (κ3) is 4.66. The number of carbonyl (C=O) groups excluding carboxylic acids is 3. The predicted molar refractivity (Wildman–Crippen MR) is 144 cm³/mol. The first-order valence-corrected chi connectivity index (χ1v) is 12.7. The number of benzene rings is 3. The van der Waals surface area contributed by atoms with E-state index in [2.05, 4.69) is 5.32 Å². The van der Waals surface area contributed by atoms with E-state index in [1.54, 1.807) is 49.4 Å². The van der Waals surface area contributed by atoms with Gasteiger partial charge in [-0.25, -0.2) is 9.18 Å². The number of rotatable bonds is 6. The summed E-state index contributed by atoms with van der Waals surface area (Å²) in [6.07, 6.45) is 0. The number of carbonyl (C=O) groups is 3. The first kappa shape index (κ1) is 25.8. The van der Waals surface area contributed by atoms with Crippen molar-refractivity contribution in [3.63, 3.8) is 0 Å². The Hall–Kier alpha value is -4.83. The molecule has 0 saturated carbocycles. The number of nitrogens with zero attached hydrogens (tertiary/aromatic N) is 1. The van der Waals surface area contributed by atoms with Gasteiger partial charge in [0.05, 0.1) is 25.0 Å². The summed E-state index contributed by atoms with van der Waals surface area (Å²) in [6.45, 7) is 1.58. The molecule has 10 heteroatoms. The average Bonchev–Trinajstić information content (AvgIpc) is 3.44. The largest absolute Gasteiger partial charge is 0.497 e. The van der Waals surface area contributed by atoms with Gasteiger partial charge in [0, 0.05) is 16.8 Å². The van der Waals surface area contributed by atoms with Crippen LogP contribution in [-0.2, 0) is 14.3 Å². The van der Waals surface area contributed by atoms with Crippen LogP contribution in [0.5, 0.6) is 5.75 Å². The Morgan fingerprint density at radius 2 is 1.72 bits per heavy atom. The molecule has 0 unspecified atom stereocenters. The van der Waals surface area contributed by atoms with Gasteiger partial charge in [0.25, 0.3) is 11.5 Å². The number of Topliss-reactive ketones (excluding diaryl/α,β-unsaturated/α-hetero) is 1. The molecular formula is C29H21FN2O6S. The fourth-order valence-corrected chi connectivity index (χ4v) is 5.48. The van der Waals surface area contributed by atoms with Crippen LogP contribution < -0.4 is 24.8 Å². The van der Waals surface area contributed by atoms with Crippen molar-refractivity contribution >= 4 is 45.8 Å². The van der Waals surface area contributed by atoms with Crippen LogP contribution >= 0.6 is 11.3 Å². The van der Waals surface area contributed by atoms with Crippen molar-refractivity contribution in [2.24, 2.45) is 0 Å². The number of thiazole rings is 1. The van der Waals surface area contributed by atoms with Crippen LogP contribution in [0.4, 0.5) is 10.1 Å². The number of aromatic nitrogens is 1. The summed E-state index contributed by atoms with van der Waals surface area (Å²) in [5.41, 5.74) is 0.0218. The molecule has 2 heterocycles. The Morgan fingerprint density at radius 1 is 1.00 bits per heavy atom. The summed E-state index contributed by atoms with van der Waals surface area (Å²) < 4.78 is 25.7. The number of halogens is 1. The Bertz CT molecular complexity index is 1810. The van der Waals surface area contributed by atoms with E-state index < -0.39 is 29.0 Å². The molecule has 1 amide bonds. The highest BCUT2D eigenvalue weighted by Crippen LogP contribution is 2.30. The van der Waals surface area contributed by atoms with Crippen LogP contribution in [0.1, 0.15) is 22.8 Å². The standard InChI is InChI=1S/C29H21FN2O6S/c1-3-38-29(36)23(24(33)16-9-12-19(37-2)13-10-16)28-32(18-7-5-4-6-8-18)27(35)25(39-28)22-20-15-17(30)11-14-21(20)31-26(22)34/h4-15H,3H2,1-2H3,(H,31,34). The molecule has 1 aliphatic heterocycles. The van der Waals surface area contributed by atoms with Gasteiger partial charge in [0.1, 0.15) is 26.3 Å². The maximum Gasteiger partial charge on any atom is 0.345 e. The second kappa shape index (κ2) is 10.5. The monoisotopic (exact) mass is 544 g/mol. The van der Waals surface area contributed by atoms with Crippen molar-refractivity contribution in [2.75, 3.05) is 19.0 Å².